The van der Waals surface area contributed by atoms with Crippen molar-refractivity contribution in [3.63, 3.8) is 0 Å². The van der Waals surface area contributed by atoms with E-state index in [0.717, 1.165) is 35.1 Å². The first-order valence-corrected chi connectivity index (χ1v) is 7.76. The van der Waals surface area contributed by atoms with Crippen LogP contribution in [-0.4, -0.2) is 37.8 Å². The van der Waals surface area contributed by atoms with Gasteiger partial charge in [0.25, 0.3) is 0 Å². The van der Waals surface area contributed by atoms with Gasteiger partial charge in [-0.1, -0.05) is 6.07 Å². The van der Waals surface area contributed by atoms with Crippen molar-refractivity contribution in [2.75, 3.05) is 32.9 Å². The van der Waals surface area contributed by atoms with Crippen LogP contribution in [0.25, 0.3) is 0 Å². The summed E-state index contributed by atoms with van der Waals surface area (Å²) < 4.78 is 14.9. The number of hydrogen-bond acceptors (Lipinski definition) is 2. The Morgan fingerprint density at radius 2 is 1.94 bits per heavy atom. The van der Waals surface area contributed by atoms with Crippen molar-refractivity contribution in [1.82, 2.24) is 10.2 Å². The highest BCUT2D eigenvalue weighted by atomic mass is 79.9. The number of benzene rings is 1. The van der Waals surface area contributed by atoms with E-state index in [1.165, 1.54) is 5.56 Å². The summed E-state index contributed by atoms with van der Waals surface area (Å²) in [6.45, 7) is 3.67. The largest absolute Gasteiger partial charge is 0.314 e. The Labute approximate surface area is 124 Å². The fourth-order valence-corrected chi connectivity index (χ4v) is 3.02. The number of halogens is 3. The molecule has 1 aromatic rings. The van der Waals surface area contributed by atoms with Crippen molar-refractivity contribution in [3.05, 3.63) is 32.7 Å². The molecule has 0 aromatic heterocycles. The molecule has 1 aromatic carbocycles. The first-order valence-electron chi connectivity index (χ1n) is 6.18. The summed E-state index contributed by atoms with van der Waals surface area (Å²) in [4.78, 5) is 2.37. The van der Waals surface area contributed by atoms with Crippen LogP contribution in [0.3, 0.4) is 0 Å². The Balaban J connectivity index is 2.19. The number of hydrogen-bond donors (Lipinski definition) is 1. The van der Waals surface area contributed by atoms with E-state index in [1.807, 2.05) is 6.07 Å². The van der Waals surface area contributed by atoms with Crippen LogP contribution in [-0.2, 0) is 0 Å². The highest BCUT2D eigenvalue weighted by Gasteiger charge is 2.22. The first-order chi connectivity index (χ1) is 8.72. The molecular formula is C13H17Br2FN2. The zero-order valence-corrected chi connectivity index (χ0v) is 13.3. The Kier molecular flexibility index (Phi) is 5.60. The molecule has 0 unspecified atom stereocenters. The zero-order valence-electron chi connectivity index (χ0n) is 10.1. The molecule has 18 heavy (non-hydrogen) atoms. The summed E-state index contributed by atoms with van der Waals surface area (Å²) in [5.74, 6) is 0. The average Bonchev–Trinajstić information content (AvgIpc) is 2.40. The van der Waals surface area contributed by atoms with Gasteiger partial charge in [0, 0.05) is 41.2 Å². The second kappa shape index (κ2) is 6.98. The van der Waals surface area contributed by atoms with E-state index in [1.54, 1.807) is 0 Å². The normalized spacial score (nSPS) is 18.8. The lowest BCUT2D eigenvalue weighted by Crippen LogP contribution is -2.45. The van der Waals surface area contributed by atoms with E-state index in [-0.39, 0.29) is 12.7 Å². The van der Waals surface area contributed by atoms with Crippen LogP contribution in [0.15, 0.2) is 27.1 Å². The average molecular weight is 380 g/mol. The molecule has 1 atom stereocenters. The Morgan fingerprint density at radius 3 is 2.56 bits per heavy atom. The molecule has 2 nitrogen and oxygen atoms in total. The maximum absolute atomic E-state index is 12.8. The standard InChI is InChI=1S/C13H17Br2FN2/c14-11-2-1-10(9-12(11)15)13(3-4-16)18-7-5-17-6-8-18/h1-2,9,13,17H,3-8H2/t13-/m0/s1. The summed E-state index contributed by atoms with van der Waals surface area (Å²) in [7, 11) is 0. The van der Waals surface area contributed by atoms with E-state index in [9.17, 15) is 4.39 Å². The van der Waals surface area contributed by atoms with E-state index >= 15 is 0 Å². The first kappa shape index (κ1) is 14.4. The van der Waals surface area contributed by atoms with Gasteiger partial charge >= 0.3 is 0 Å². The van der Waals surface area contributed by atoms with Crippen molar-refractivity contribution in [3.8, 4) is 0 Å². The molecule has 2 rings (SSSR count). The van der Waals surface area contributed by atoms with Gasteiger partial charge in [0.05, 0.1) is 6.67 Å². The van der Waals surface area contributed by atoms with Gasteiger partial charge in [0.15, 0.2) is 0 Å². The minimum Gasteiger partial charge on any atom is -0.314 e. The molecule has 1 aliphatic heterocycles. The fourth-order valence-electron chi connectivity index (χ4n) is 2.38. The van der Waals surface area contributed by atoms with Crippen LogP contribution in [0.1, 0.15) is 18.0 Å². The van der Waals surface area contributed by atoms with Gasteiger partial charge in [-0.05, 0) is 56.0 Å². The predicted molar refractivity (Wildman–Crippen MR) is 79.6 cm³/mol. The summed E-state index contributed by atoms with van der Waals surface area (Å²) in [5, 5.41) is 3.33. The number of nitrogens with one attached hydrogen (secondary N) is 1. The fraction of sp³-hybridized carbons (Fsp3) is 0.538. The maximum atomic E-state index is 12.8. The lowest BCUT2D eigenvalue weighted by molar-refractivity contribution is 0.157. The molecule has 0 aliphatic carbocycles. The van der Waals surface area contributed by atoms with E-state index in [0.29, 0.717) is 6.42 Å². The molecule has 1 fully saturated rings. The molecule has 5 heteroatoms. The van der Waals surface area contributed by atoms with Crippen molar-refractivity contribution < 1.29 is 4.39 Å². The second-order valence-electron chi connectivity index (χ2n) is 4.45. The Hall–Kier alpha value is 0.0300. The van der Waals surface area contributed by atoms with Crippen LogP contribution >= 0.6 is 31.9 Å². The molecule has 1 aliphatic rings. The third-order valence-electron chi connectivity index (χ3n) is 3.30. The SMILES string of the molecule is FCC[C@@H](c1ccc(Br)c(Br)c1)N1CCNCC1. The van der Waals surface area contributed by atoms with Gasteiger partial charge in [-0.25, -0.2) is 0 Å². The van der Waals surface area contributed by atoms with E-state index < -0.39 is 0 Å². The smallest absolute Gasteiger partial charge is 0.0912 e. The van der Waals surface area contributed by atoms with E-state index in [2.05, 4.69) is 54.2 Å². The minimum absolute atomic E-state index is 0.182. The highest BCUT2D eigenvalue weighted by molar-refractivity contribution is 9.13. The summed E-state index contributed by atoms with van der Waals surface area (Å²) in [5.41, 5.74) is 1.18. The molecule has 100 valence electrons. The van der Waals surface area contributed by atoms with Gasteiger partial charge < -0.3 is 5.32 Å². The third kappa shape index (κ3) is 3.53. The van der Waals surface area contributed by atoms with Gasteiger partial charge in [0.2, 0.25) is 0 Å². The topological polar surface area (TPSA) is 15.3 Å². The van der Waals surface area contributed by atoms with Crippen molar-refractivity contribution in [1.29, 1.82) is 0 Å². The van der Waals surface area contributed by atoms with Crippen LogP contribution in [0.4, 0.5) is 4.39 Å². The van der Waals surface area contributed by atoms with Crippen LogP contribution in [0.5, 0.6) is 0 Å². The third-order valence-corrected chi connectivity index (χ3v) is 5.18. The summed E-state index contributed by atoms with van der Waals surface area (Å²) >= 11 is 6.99. The number of nitrogens with zero attached hydrogens (tertiary/aromatic N) is 1. The Bertz CT molecular complexity index is 395. The minimum atomic E-state index is -0.276. The quantitative estimate of drug-likeness (QED) is 0.860. The lowest BCUT2D eigenvalue weighted by atomic mass is 10.0. The number of piperazine rings is 1. The van der Waals surface area contributed by atoms with Gasteiger partial charge in [-0.15, -0.1) is 0 Å². The summed E-state index contributed by atoms with van der Waals surface area (Å²) in [6, 6.07) is 6.37. The second-order valence-corrected chi connectivity index (χ2v) is 6.16. The summed E-state index contributed by atoms with van der Waals surface area (Å²) in [6.07, 6.45) is 0.564. The molecular weight excluding hydrogens is 363 g/mol. The highest BCUT2D eigenvalue weighted by Crippen LogP contribution is 2.31. The molecule has 0 saturated carbocycles. The van der Waals surface area contributed by atoms with Gasteiger partial charge in [0.1, 0.15) is 0 Å². The lowest BCUT2D eigenvalue weighted by Gasteiger charge is -2.35. The zero-order chi connectivity index (χ0) is 13.0. The van der Waals surface area contributed by atoms with Crippen molar-refractivity contribution in [2.24, 2.45) is 0 Å². The molecule has 1 heterocycles. The van der Waals surface area contributed by atoms with Crippen LogP contribution < -0.4 is 5.32 Å². The number of rotatable bonds is 4. The van der Waals surface area contributed by atoms with Gasteiger partial charge in [-0.3, -0.25) is 9.29 Å². The number of alkyl halides is 1. The molecule has 0 spiro atoms. The van der Waals surface area contributed by atoms with Crippen molar-refractivity contribution >= 4 is 31.9 Å². The molecule has 1 N–H and O–H groups in total. The Morgan fingerprint density at radius 1 is 1.22 bits per heavy atom. The molecule has 0 bridgehead atoms. The predicted octanol–water partition coefficient (Wildman–Crippen LogP) is 3.52. The maximum Gasteiger partial charge on any atom is 0.0912 e. The van der Waals surface area contributed by atoms with Gasteiger partial charge in [-0.2, -0.15) is 0 Å². The van der Waals surface area contributed by atoms with E-state index in [4.69, 9.17) is 0 Å². The van der Waals surface area contributed by atoms with Crippen molar-refractivity contribution in [2.45, 2.75) is 12.5 Å². The molecule has 0 amide bonds. The molecule has 0 radical (unpaired) electrons. The van der Waals surface area contributed by atoms with Crippen LogP contribution in [0.2, 0.25) is 0 Å². The molecule has 1 saturated heterocycles. The van der Waals surface area contributed by atoms with Crippen LogP contribution in [0, 0.1) is 0 Å². The monoisotopic (exact) mass is 378 g/mol.